The van der Waals surface area contributed by atoms with Gasteiger partial charge in [-0.05, 0) is 54.0 Å². The predicted octanol–water partition coefficient (Wildman–Crippen LogP) is 5.87. The van der Waals surface area contributed by atoms with Crippen LogP contribution in [0, 0.1) is 0 Å². The topological polar surface area (TPSA) is 43.7 Å². The van der Waals surface area contributed by atoms with Gasteiger partial charge in [-0.2, -0.15) is 0 Å². The van der Waals surface area contributed by atoms with E-state index in [-0.39, 0.29) is 10.8 Å². The van der Waals surface area contributed by atoms with Crippen LogP contribution in [0.2, 0.25) is 0 Å². The number of phenols is 1. The molecule has 0 saturated carbocycles. The smallest absolute Gasteiger partial charge is 0.119 e. The maximum Gasteiger partial charge on any atom is 0.119 e. The number of benzene rings is 1. The zero-order valence-corrected chi connectivity index (χ0v) is 19.2. The number of phenolic OH excluding ortho intramolecular Hbond substituents is 1. The lowest BCUT2D eigenvalue weighted by Crippen LogP contribution is -2.28. The highest BCUT2D eigenvalue weighted by atomic mass is 16.3. The summed E-state index contributed by atoms with van der Waals surface area (Å²) < 4.78 is 0. The van der Waals surface area contributed by atoms with Gasteiger partial charge in [0.25, 0.3) is 0 Å². The van der Waals surface area contributed by atoms with Gasteiger partial charge < -0.3 is 15.1 Å². The first-order valence-corrected chi connectivity index (χ1v) is 10.6. The van der Waals surface area contributed by atoms with Crippen molar-refractivity contribution in [1.82, 2.24) is 4.90 Å². The molecule has 1 rings (SSSR count). The molecule has 0 aliphatic rings. The highest BCUT2D eigenvalue weighted by Crippen LogP contribution is 2.34. The van der Waals surface area contributed by atoms with Crippen LogP contribution in [0.5, 0.6) is 5.75 Å². The van der Waals surface area contributed by atoms with Crippen molar-refractivity contribution in [2.24, 2.45) is 0 Å². The minimum atomic E-state index is -0.00859. The van der Waals surface area contributed by atoms with E-state index in [4.69, 9.17) is 5.11 Å². The van der Waals surface area contributed by atoms with Gasteiger partial charge in [-0.15, -0.1) is 0 Å². The fourth-order valence-corrected chi connectivity index (χ4v) is 2.84. The first-order valence-electron chi connectivity index (χ1n) is 10.6. The van der Waals surface area contributed by atoms with Gasteiger partial charge in [-0.25, -0.2) is 0 Å². The Balaban J connectivity index is 0.000000516. The molecule has 0 radical (unpaired) electrons. The Morgan fingerprint density at radius 1 is 0.815 bits per heavy atom. The molecule has 0 unspecified atom stereocenters. The highest BCUT2D eigenvalue weighted by Gasteiger charge is 2.21. The van der Waals surface area contributed by atoms with Gasteiger partial charge in [0, 0.05) is 6.54 Å². The molecule has 0 aromatic heterocycles. The molecule has 0 spiro atoms. The molecule has 3 heteroatoms. The number of hydrogen-bond donors (Lipinski definition) is 2. The lowest BCUT2D eigenvalue weighted by molar-refractivity contribution is 0.192. The maximum absolute atomic E-state index is 9.84. The molecular weight excluding hydrogens is 334 g/mol. The molecule has 0 fully saturated rings. The number of unbranched alkanes of at least 4 members (excludes halogenated alkanes) is 2. The van der Waals surface area contributed by atoms with Gasteiger partial charge >= 0.3 is 0 Å². The summed E-state index contributed by atoms with van der Waals surface area (Å²) in [4.78, 5) is 2.35. The summed E-state index contributed by atoms with van der Waals surface area (Å²) in [5.41, 5.74) is 2.42. The largest absolute Gasteiger partial charge is 0.508 e. The Morgan fingerprint density at radius 2 is 1.33 bits per heavy atom. The van der Waals surface area contributed by atoms with E-state index in [0.717, 1.165) is 25.2 Å². The SMILES string of the molecule is CC(C)(C)c1ccc(O)c(C(C)(C)C)c1.CCCCN(CCO)CCCC. The molecule has 0 aliphatic heterocycles. The molecule has 0 atom stereocenters. The number of aliphatic hydroxyl groups is 1. The summed E-state index contributed by atoms with van der Waals surface area (Å²) in [6.07, 6.45) is 5.00. The van der Waals surface area contributed by atoms with Gasteiger partial charge in [-0.3, -0.25) is 0 Å². The summed E-state index contributed by atoms with van der Waals surface area (Å²) in [5.74, 6) is 0.399. The second kappa shape index (κ2) is 12.4. The van der Waals surface area contributed by atoms with Crippen LogP contribution in [0.15, 0.2) is 18.2 Å². The lowest BCUT2D eigenvalue weighted by Gasteiger charge is -2.25. The average Bonchev–Trinajstić information content (AvgIpc) is 2.56. The monoisotopic (exact) mass is 379 g/mol. The van der Waals surface area contributed by atoms with Gasteiger partial charge in [0.2, 0.25) is 0 Å². The molecule has 0 saturated heterocycles. The van der Waals surface area contributed by atoms with Gasteiger partial charge in [0.15, 0.2) is 0 Å². The number of rotatable bonds is 8. The van der Waals surface area contributed by atoms with Crippen LogP contribution in [0.1, 0.15) is 92.2 Å². The summed E-state index contributed by atoms with van der Waals surface area (Å²) >= 11 is 0. The normalized spacial score (nSPS) is 12.1. The Bertz CT molecular complexity index is 504. The minimum Gasteiger partial charge on any atom is -0.508 e. The van der Waals surface area contributed by atoms with Crippen LogP contribution in [0.3, 0.4) is 0 Å². The van der Waals surface area contributed by atoms with Gasteiger partial charge in [0.05, 0.1) is 6.61 Å². The van der Waals surface area contributed by atoms with Crippen molar-refractivity contribution in [1.29, 1.82) is 0 Å². The van der Waals surface area contributed by atoms with E-state index in [1.165, 1.54) is 31.2 Å². The van der Waals surface area contributed by atoms with Crippen molar-refractivity contribution in [3.05, 3.63) is 29.3 Å². The summed E-state index contributed by atoms with van der Waals surface area (Å²) in [6.45, 7) is 20.8. The van der Waals surface area contributed by atoms with Crippen LogP contribution >= 0.6 is 0 Å². The van der Waals surface area contributed by atoms with Crippen LogP contribution in [-0.4, -0.2) is 41.4 Å². The minimum absolute atomic E-state index is 0.00859. The zero-order valence-electron chi connectivity index (χ0n) is 19.2. The van der Waals surface area contributed by atoms with E-state index >= 15 is 0 Å². The molecule has 2 N–H and O–H groups in total. The van der Waals surface area contributed by atoms with E-state index in [1.807, 2.05) is 6.07 Å². The Hall–Kier alpha value is -1.06. The first-order chi connectivity index (χ1) is 12.5. The van der Waals surface area contributed by atoms with Crippen molar-refractivity contribution in [3.63, 3.8) is 0 Å². The second-order valence-corrected chi connectivity index (χ2v) is 9.50. The third-order valence-corrected chi connectivity index (χ3v) is 4.74. The van der Waals surface area contributed by atoms with Crippen molar-refractivity contribution in [2.75, 3.05) is 26.2 Å². The summed E-state index contributed by atoms with van der Waals surface area (Å²) in [5, 5.41) is 18.6. The molecule has 0 aliphatic carbocycles. The zero-order chi connectivity index (χ0) is 21.1. The predicted molar refractivity (Wildman–Crippen MR) is 119 cm³/mol. The van der Waals surface area contributed by atoms with E-state index < -0.39 is 0 Å². The van der Waals surface area contributed by atoms with E-state index in [0.29, 0.717) is 12.4 Å². The molecule has 0 bridgehead atoms. The fourth-order valence-electron chi connectivity index (χ4n) is 2.84. The standard InChI is InChI=1S/C14H22O.C10H23NO/c1-13(2,3)10-7-8-12(15)11(9-10)14(4,5)6;1-3-5-7-11(9-10-12)8-6-4-2/h7-9,15H,1-6H3;12H,3-10H2,1-2H3. The van der Waals surface area contributed by atoms with E-state index in [9.17, 15) is 5.11 Å². The van der Waals surface area contributed by atoms with E-state index in [1.54, 1.807) is 6.07 Å². The molecule has 1 aromatic rings. The maximum atomic E-state index is 9.84. The van der Waals surface area contributed by atoms with Crippen LogP contribution in [-0.2, 0) is 10.8 Å². The molecule has 1 aromatic carbocycles. The molecule has 27 heavy (non-hydrogen) atoms. The first kappa shape index (κ1) is 25.9. The molecule has 0 heterocycles. The average molecular weight is 380 g/mol. The van der Waals surface area contributed by atoms with Crippen molar-refractivity contribution in [3.8, 4) is 5.75 Å². The second-order valence-electron chi connectivity index (χ2n) is 9.50. The third kappa shape index (κ3) is 10.8. The van der Waals surface area contributed by atoms with Crippen molar-refractivity contribution < 1.29 is 10.2 Å². The van der Waals surface area contributed by atoms with Crippen molar-refractivity contribution in [2.45, 2.75) is 91.9 Å². The quantitative estimate of drug-likeness (QED) is 0.594. The lowest BCUT2D eigenvalue weighted by atomic mass is 9.80. The van der Waals surface area contributed by atoms with Gasteiger partial charge in [-0.1, -0.05) is 80.4 Å². The number of hydrogen-bond acceptors (Lipinski definition) is 3. The third-order valence-electron chi connectivity index (χ3n) is 4.74. The summed E-state index contributed by atoms with van der Waals surface area (Å²) in [6, 6.07) is 5.93. The number of aromatic hydroxyl groups is 1. The molecule has 3 nitrogen and oxygen atoms in total. The van der Waals surface area contributed by atoms with Crippen molar-refractivity contribution >= 4 is 0 Å². The van der Waals surface area contributed by atoms with E-state index in [2.05, 4.69) is 66.4 Å². The number of nitrogens with zero attached hydrogens (tertiary/aromatic N) is 1. The molecule has 158 valence electrons. The molecular formula is C24H45NO2. The Labute approximate surface area is 168 Å². The summed E-state index contributed by atoms with van der Waals surface area (Å²) in [7, 11) is 0. The van der Waals surface area contributed by atoms with Crippen LogP contribution < -0.4 is 0 Å². The fraction of sp³-hybridized carbons (Fsp3) is 0.750. The Kier molecular flexibility index (Phi) is 11.9. The molecule has 0 amide bonds. The number of aliphatic hydroxyl groups excluding tert-OH is 1. The Morgan fingerprint density at radius 3 is 1.70 bits per heavy atom. The van der Waals surface area contributed by atoms with Crippen LogP contribution in [0.25, 0.3) is 0 Å². The van der Waals surface area contributed by atoms with Crippen LogP contribution in [0.4, 0.5) is 0 Å². The highest BCUT2D eigenvalue weighted by molar-refractivity contribution is 5.42. The van der Waals surface area contributed by atoms with Gasteiger partial charge in [0.1, 0.15) is 5.75 Å².